The lowest BCUT2D eigenvalue weighted by Gasteiger charge is -2.12. The van der Waals surface area contributed by atoms with Crippen LogP contribution in [0.1, 0.15) is 15.9 Å². The fraction of sp³-hybridized carbons (Fsp3) is 0.105. The SMILES string of the molecule is COc1ccc(CNc2ccc(C(N)=O)cc2)c2ccccc12. The van der Waals surface area contributed by atoms with Crippen LogP contribution in [0.2, 0.25) is 0 Å². The van der Waals surface area contributed by atoms with Crippen LogP contribution < -0.4 is 15.8 Å². The second-order valence-corrected chi connectivity index (χ2v) is 5.27. The van der Waals surface area contributed by atoms with Gasteiger partial charge in [-0.2, -0.15) is 0 Å². The molecule has 4 nitrogen and oxygen atoms in total. The number of benzene rings is 3. The maximum atomic E-state index is 11.1. The third kappa shape index (κ3) is 3.11. The van der Waals surface area contributed by atoms with Crippen molar-refractivity contribution < 1.29 is 9.53 Å². The van der Waals surface area contributed by atoms with Crippen LogP contribution in [-0.4, -0.2) is 13.0 Å². The van der Waals surface area contributed by atoms with Crippen LogP contribution in [0.4, 0.5) is 5.69 Å². The number of ether oxygens (including phenoxy) is 1. The van der Waals surface area contributed by atoms with Gasteiger partial charge in [-0.1, -0.05) is 30.3 Å². The summed E-state index contributed by atoms with van der Waals surface area (Å²) in [5.74, 6) is 0.452. The summed E-state index contributed by atoms with van der Waals surface area (Å²) in [5.41, 5.74) is 7.87. The highest BCUT2D eigenvalue weighted by molar-refractivity contribution is 5.93. The normalized spacial score (nSPS) is 10.5. The molecule has 3 rings (SSSR count). The first kappa shape index (κ1) is 14.9. The Morgan fingerprint density at radius 1 is 1.00 bits per heavy atom. The first-order chi connectivity index (χ1) is 11.2. The summed E-state index contributed by atoms with van der Waals surface area (Å²) in [6.07, 6.45) is 0. The van der Waals surface area contributed by atoms with Gasteiger partial charge in [0.05, 0.1) is 7.11 Å². The van der Waals surface area contributed by atoms with E-state index in [0.717, 1.165) is 22.2 Å². The second-order valence-electron chi connectivity index (χ2n) is 5.27. The Hall–Kier alpha value is -3.01. The number of hydrogen-bond donors (Lipinski definition) is 2. The Morgan fingerprint density at radius 2 is 1.70 bits per heavy atom. The largest absolute Gasteiger partial charge is 0.496 e. The number of methoxy groups -OCH3 is 1. The smallest absolute Gasteiger partial charge is 0.248 e. The summed E-state index contributed by atoms with van der Waals surface area (Å²) in [7, 11) is 1.68. The van der Waals surface area contributed by atoms with Crippen molar-refractivity contribution in [1.29, 1.82) is 0 Å². The average Bonchev–Trinajstić information content (AvgIpc) is 2.60. The van der Waals surface area contributed by atoms with Gasteiger partial charge in [0.25, 0.3) is 0 Å². The molecule has 0 radical (unpaired) electrons. The number of amides is 1. The monoisotopic (exact) mass is 306 g/mol. The molecule has 0 aliphatic carbocycles. The van der Waals surface area contributed by atoms with Gasteiger partial charge in [-0.15, -0.1) is 0 Å². The van der Waals surface area contributed by atoms with Crippen molar-refractivity contribution >= 4 is 22.4 Å². The van der Waals surface area contributed by atoms with Gasteiger partial charge in [0.2, 0.25) is 5.91 Å². The molecule has 0 aliphatic heterocycles. The van der Waals surface area contributed by atoms with Crippen molar-refractivity contribution in [3.8, 4) is 5.75 Å². The van der Waals surface area contributed by atoms with E-state index in [9.17, 15) is 4.79 Å². The molecule has 0 spiro atoms. The molecule has 0 aliphatic rings. The van der Waals surface area contributed by atoms with Gasteiger partial charge in [0.15, 0.2) is 0 Å². The molecule has 4 heteroatoms. The standard InChI is InChI=1S/C19H18N2O2/c1-23-18-11-8-14(16-4-2-3-5-17(16)18)12-21-15-9-6-13(7-10-15)19(20)22/h2-11,21H,12H2,1H3,(H2,20,22). The van der Waals surface area contributed by atoms with E-state index in [1.54, 1.807) is 19.2 Å². The minimum Gasteiger partial charge on any atom is -0.496 e. The van der Waals surface area contributed by atoms with Crippen molar-refractivity contribution in [2.24, 2.45) is 5.73 Å². The van der Waals surface area contributed by atoms with Crippen LogP contribution in [0, 0.1) is 0 Å². The molecule has 116 valence electrons. The van der Waals surface area contributed by atoms with E-state index in [0.29, 0.717) is 12.1 Å². The molecular weight excluding hydrogens is 288 g/mol. The molecule has 0 saturated carbocycles. The zero-order valence-corrected chi connectivity index (χ0v) is 12.9. The Bertz CT molecular complexity index is 842. The number of fused-ring (bicyclic) bond motifs is 1. The van der Waals surface area contributed by atoms with Crippen LogP contribution >= 0.6 is 0 Å². The molecule has 0 unspecified atom stereocenters. The summed E-state index contributed by atoms with van der Waals surface area (Å²) in [5, 5.41) is 5.62. The molecule has 0 atom stereocenters. The van der Waals surface area contributed by atoms with Crippen LogP contribution in [0.25, 0.3) is 10.8 Å². The van der Waals surface area contributed by atoms with Crippen LogP contribution in [0.15, 0.2) is 60.7 Å². The molecule has 3 N–H and O–H groups in total. The quantitative estimate of drug-likeness (QED) is 0.757. The lowest BCUT2D eigenvalue weighted by atomic mass is 10.0. The molecular formula is C19H18N2O2. The van der Waals surface area contributed by atoms with Gasteiger partial charge in [0.1, 0.15) is 5.75 Å². The number of nitrogens with one attached hydrogen (secondary N) is 1. The fourth-order valence-corrected chi connectivity index (χ4v) is 2.62. The number of carbonyl (C=O) groups excluding carboxylic acids is 1. The van der Waals surface area contributed by atoms with E-state index in [1.165, 1.54) is 5.56 Å². The lowest BCUT2D eigenvalue weighted by molar-refractivity contribution is 0.100. The predicted molar refractivity (Wildman–Crippen MR) is 92.8 cm³/mol. The highest BCUT2D eigenvalue weighted by Crippen LogP contribution is 2.28. The van der Waals surface area contributed by atoms with Crippen molar-refractivity contribution in [2.45, 2.75) is 6.54 Å². The van der Waals surface area contributed by atoms with Gasteiger partial charge >= 0.3 is 0 Å². The number of carbonyl (C=O) groups is 1. The van der Waals surface area contributed by atoms with Gasteiger partial charge in [-0.3, -0.25) is 4.79 Å². The molecule has 0 saturated heterocycles. The number of rotatable bonds is 5. The van der Waals surface area contributed by atoms with Crippen LogP contribution in [0.5, 0.6) is 5.75 Å². The maximum Gasteiger partial charge on any atom is 0.248 e. The molecule has 0 fully saturated rings. The Labute approximate surface area is 134 Å². The average molecular weight is 306 g/mol. The van der Waals surface area contributed by atoms with Gasteiger partial charge in [-0.05, 0) is 41.3 Å². The highest BCUT2D eigenvalue weighted by atomic mass is 16.5. The Morgan fingerprint density at radius 3 is 2.35 bits per heavy atom. The molecule has 1 amide bonds. The number of anilines is 1. The first-order valence-corrected chi connectivity index (χ1v) is 7.37. The summed E-state index contributed by atoms with van der Waals surface area (Å²) in [6, 6.07) is 19.4. The van der Waals surface area contributed by atoms with E-state index in [2.05, 4.69) is 23.5 Å². The van der Waals surface area contributed by atoms with E-state index in [4.69, 9.17) is 10.5 Å². The van der Waals surface area contributed by atoms with Gasteiger partial charge in [0, 0.05) is 23.2 Å². The molecule has 0 heterocycles. The molecule has 23 heavy (non-hydrogen) atoms. The number of hydrogen-bond acceptors (Lipinski definition) is 3. The third-order valence-corrected chi connectivity index (χ3v) is 3.85. The zero-order valence-electron chi connectivity index (χ0n) is 12.9. The fourth-order valence-electron chi connectivity index (χ4n) is 2.62. The predicted octanol–water partition coefficient (Wildman–Crippen LogP) is 3.56. The Kier molecular flexibility index (Phi) is 4.15. The topological polar surface area (TPSA) is 64.3 Å². The molecule has 3 aromatic carbocycles. The lowest BCUT2D eigenvalue weighted by Crippen LogP contribution is -2.10. The molecule has 0 bridgehead atoms. The second kappa shape index (κ2) is 6.40. The third-order valence-electron chi connectivity index (χ3n) is 3.85. The number of nitrogens with two attached hydrogens (primary N) is 1. The van der Waals surface area contributed by atoms with Gasteiger partial charge in [-0.25, -0.2) is 0 Å². The Balaban J connectivity index is 1.83. The maximum absolute atomic E-state index is 11.1. The highest BCUT2D eigenvalue weighted by Gasteiger charge is 2.06. The van der Waals surface area contributed by atoms with Crippen molar-refractivity contribution in [3.63, 3.8) is 0 Å². The van der Waals surface area contributed by atoms with Crippen molar-refractivity contribution in [3.05, 3.63) is 71.8 Å². The first-order valence-electron chi connectivity index (χ1n) is 7.37. The van der Waals surface area contributed by atoms with Gasteiger partial charge < -0.3 is 15.8 Å². The summed E-state index contributed by atoms with van der Waals surface area (Å²) in [6.45, 7) is 0.681. The van der Waals surface area contributed by atoms with Crippen LogP contribution in [0.3, 0.4) is 0 Å². The van der Waals surface area contributed by atoms with Crippen molar-refractivity contribution in [1.82, 2.24) is 0 Å². The molecule has 0 aromatic heterocycles. The van der Waals surface area contributed by atoms with Crippen molar-refractivity contribution in [2.75, 3.05) is 12.4 Å². The van der Waals surface area contributed by atoms with E-state index in [1.807, 2.05) is 30.3 Å². The minimum atomic E-state index is -0.419. The minimum absolute atomic E-state index is 0.419. The van der Waals surface area contributed by atoms with E-state index in [-0.39, 0.29) is 0 Å². The number of primary amides is 1. The zero-order chi connectivity index (χ0) is 16.2. The van der Waals surface area contributed by atoms with Crippen LogP contribution in [-0.2, 0) is 6.54 Å². The summed E-state index contributed by atoms with van der Waals surface area (Å²) >= 11 is 0. The summed E-state index contributed by atoms with van der Waals surface area (Å²) < 4.78 is 5.42. The van der Waals surface area contributed by atoms with E-state index < -0.39 is 5.91 Å². The van der Waals surface area contributed by atoms with E-state index >= 15 is 0 Å². The summed E-state index contributed by atoms with van der Waals surface area (Å²) in [4.78, 5) is 11.1. The molecule has 3 aromatic rings.